The van der Waals surface area contributed by atoms with Crippen LogP contribution in [0.15, 0.2) is 35.5 Å². The van der Waals surface area contributed by atoms with E-state index in [1.54, 1.807) is 0 Å². The Labute approximate surface area is 99.7 Å². The van der Waals surface area contributed by atoms with E-state index in [9.17, 15) is 0 Å². The highest BCUT2D eigenvalue weighted by molar-refractivity contribution is 9.09. The molecule has 0 aliphatic rings. The Morgan fingerprint density at radius 2 is 2.12 bits per heavy atom. The molecule has 0 saturated carbocycles. The summed E-state index contributed by atoms with van der Waals surface area (Å²) in [5, 5.41) is 23.6. The number of hydrogen-bond acceptors (Lipinski definition) is 5. The Morgan fingerprint density at radius 3 is 2.75 bits per heavy atom. The van der Waals surface area contributed by atoms with Gasteiger partial charge in [-0.2, -0.15) is 4.68 Å². The second kappa shape index (κ2) is 4.84. The van der Waals surface area contributed by atoms with Crippen molar-refractivity contribution in [3.63, 3.8) is 0 Å². The van der Waals surface area contributed by atoms with Gasteiger partial charge in [-0.3, -0.25) is 0 Å². The molecular formula is C9H8BrN5O. The SMILES string of the molecule is O/N=C(/CBr)c1nnnn1-c1ccccc1. The number of tetrazole rings is 1. The summed E-state index contributed by atoms with van der Waals surface area (Å²) < 4.78 is 1.51. The zero-order valence-electron chi connectivity index (χ0n) is 8.16. The van der Waals surface area contributed by atoms with Gasteiger partial charge in [0, 0.05) is 0 Å². The predicted molar refractivity (Wildman–Crippen MR) is 61.3 cm³/mol. The van der Waals surface area contributed by atoms with Gasteiger partial charge >= 0.3 is 0 Å². The summed E-state index contributed by atoms with van der Waals surface area (Å²) in [4.78, 5) is 0. The summed E-state index contributed by atoms with van der Waals surface area (Å²) in [6, 6.07) is 9.39. The first-order valence-corrected chi connectivity index (χ1v) is 5.60. The first kappa shape index (κ1) is 10.7. The molecule has 0 atom stereocenters. The maximum atomic E-state index is 8.82. The lowest BCUT2D eigenvalue weighted by Gasteiger charge is -2.03. The van der Waals surface area contributed by atoms with Gasteiger partial charge in [0.15, 0.2) is 0 Å². The van der Waals surface area contributed by atoms with E-state index in [2.05, 4.69) is 36.6 Å². The fourth-order valence-corrected chi connectivity index (χ4v) is 1.60. The first-order chi connectivity index (χ1) is 7.86. The van der Waals surface area contributed by atoms with Crippen LogP contribution in [0.1, 0.15) is 5.82 Å². The number of benzene rings is 1. The van der Waals surface area contributed by atoms with Crippen LogP contribution < -0.4 is 0 Å². The summed E-state index contributed by atoms with van der Waals surface area (Å²) >= 11 is 3.20. The van der Waals surface area contributed by atoms with E-state index in [4.69, 9.17) is 5.21 Å². The molecule has 0 radical (unpaired) electrons. The summed E-state index contributed by atoms with van der Waals surface area (Å²) in [6.07, 6.45) is 0. The highest BCUT2D eigenvalue weighted by Gasteiger charge is 2.13. The van der Waals surface area contributed by atoms with Crippen molar-refractivity contribution in [2.24, 2.45) is 5.16 Å². The van der Waals surface area contributed by atoms with Gasteiger partial charge < -0.3 is 5.21 Å². The molecule has 0 bridgehead atoms. The van der Waals surface area contributed by atoms with E-state index in [1.165, 1.54) is 4.68 Å². The third-order valence-corrected chi connectivity index (χ3v) is 2.51. The number of oxime groups is 1. The van der Waals surface area contributed by atoms with Crippen LogP contribution in [-0.2, 0) is 0 Å². The molecule has 0 saturated heterocycles. The van der Waals surface area contributed by atoms with E-state index in [0.717, 1.165) is 5.69 Å². The van der Waals surface area contributed by atoms with Crippen LogP contribution in [0.3, 0.4) is 0 Å². The number of alkyl halides is 1. The standard InChI is InChI=1S/C9H8BrN5O/c10-6-8(12-16)9-11-13-14-15(9)7-4-2-1-3-5-7/h1-5,16H,6H2/b12-8-. The zero-order chi connectivity index (χ0) is 11.4. The largest absolute Gasteiger partial charge is 0.411 e. The van der Waals surface area contributed by atoms with Crippen molar-refractivity contribution in [2.45, 2.75) is 0 Å². The Balaban J connectivity index is 2.48. The predicted octanol–water partition coefficient (Wildman–Crippen LogP) is 1.24. The van der Waals surface area contributed by atoms with E-state index in [-0.39, 0.29) is 0 Å². The van der Waals surface area contributed by atoms with Crippen LogP contribution in [0.25, 0.3) is 5.69 Å². The summed E-state index contributed by atoms with van der Waals surface area (Å²) in [5.74, 6) is 0.408. The molecule has 0 unspecified atom stereocenters. The average Bonchev–Trinajstić information content (AvgIpc) is 2.81. The Morgan fingerprint density at radius 1 is 1.38 bits per heavy atom. The average molecular weight is 282 g/mol. The van der Waals surface area contributed by atoms with Gasteiger partial charge in [0.25, 0.3) is 0 Å². The van der Waals surface area contributed by atoms with Gasteiger partial charge in [0.1, 0.15) is 5.71 Å². The third kappa shape index (κ3) is 1.94. The molecule has 0 fully saturated rings. The lowest BCUT2D eigenvalue weighted by molar-refractivity contribution is 0.319. The van der Waals surface area contributed by atoms with Crippen molar-refractivity contribution in [3.05, 3.63) is 36.2 Å². The number of aromatic nitrogens is 4. The summed E-state index contributed by atoms with van der Waals surface area (Å²) in [5.41, 5.74) is 1.18. The van der Waals surface area contributed by atoms with E-state index < -0.39 is 0 Å². The highest BCUT2D eigenvalue weighted by atomic mass is 79.9. The molecule has 82 valence electrons. The van der Waals surface area contributed by atoms with Crippen LogP contribution in [-0.4, -0.2) is 36.5 Å². The topological polar surface area (TPSA) is 76.2 Å². The molecule has 16 heavy (non-hydrogen) atoms. The van der Waals surface area contributed by atoms with E-state index in [0.29, 0.717) is 16.9 Å². The van der Waals surface area contributed by atoms with Crippen LogP contribution in [0.2, 0.25) is 0 Å². The van der Waals surface area contributed by atoms with Crippen LogP contribution in [0, 0.1) is 0 Å². The van der Waals surface area contributed by atoms with Crippen molar-refractivity contribution in [1.82, 2.24) is 20.2 Å². The minimum atomic E-state index is 0.369. The van der Waals surface area contributed by atoms with Crippen LogP contribution >= 0.6 is 15.9 Å². The molecule has 1 heterocycles. The first-order valence-electron chi connectivity index (χ1n) is 4.48. The lowest BCUT2D eigenvalue weighted by atomic mass is 10.3. The molecule has 2 rings (SSSR count). The maximum Gasteiger partial charge on any atom is 0.205 e. The molecule has 0 aliphatic carbocycles. The van der Waals surface area contributed by atoms with Crippen molar-refractivity contribution in [1.29, 1.82) is 0 Å². The van der Waals surface area contributed by atoms with Gasteiger partial charge in [-0.15, -0.1) is 5.10 Å². The number of hydrogen-bond donors (Lipinski definition) is 1. The highest BCUT2D eigenvalue weighted by Crippen LogP contribution is 2.08. The smallest absolute Gasteiger partial charge is 0.205 e. The fraction of sp³-hybridized carbons (Fsp3) is 0.111. The monoisotopic (exact) mass is 281 g/mol. The molecule has 0 amide bonds. The zero-order valence-corrected chi connectivity index (χ0v) is 9.74. The fourth-order valence-electron chi connectivity index (χ4n) is 1.24. The van der Waals surface area contributed by atoms with Gasteiger partial charge in [-0.1, -0.05) is 39.3 Å². The van der Waals surface area contributed by atoms with Crippen molar-refractivity contribution < 1.29 is 5.21 Å². The van der Waals surface area contributed by atoms with E-state index >= 15 is 0 Å². The quantitative estimate of drug-likeness (QED) is 0.397. The maximum absolute atomic E-state index is 8.82. The Hall–Kier alpha value is -1.76. The summed E-state index contributed by atoms with van der Waals surface area (Å²) in [6.45, 7) is 0. The van der Waals surface area contributed by atoms with E-state index in [1.807, 2.05) is 30.3 Å². The molecule has 1 aromatic heterocycles. The molecule has 2 aromatic rings. The molecular weight excluding hydrogens is 274 g/mol. The second-order valence-corrected chi connectivity index (χ2v) is 3.49. The van der Waals surface area contributed by atoms with Crippen LogP contribution in [0.5, 0.6) is 0 Å². The Bertz CT molecular complexity index is 496. The van der Waals surface area contributed by atoms with Crippen molar-refractivity contribution >= 4 is 21.6 Å². The minimum Gasteiger partial charge on any atom is -0.411 e. The number of rotatable bonds is 3. The minimum absolute atomic E-state index is 0.369. The Kier molecular flexibility index (Phi) is 3.25. The summed E-state index contributed by atoms with van der Waals surface area (Å²) in [7, 11) is 0. The number of nitrogens with zero attached hydrogens (tertiary/aromatic N) is 5. The van der Waals surface area contributed by atoms with Gasteiger partial charge in [0.2, 0.25) is 5.82 Å². The number of halogens is 1. The van der Waals surface area contributed by atoms with Gasteiger partial charge in [-0.25, -0.2) is 0 Å². The molecule has 1 N–H and O–H groups in total. The van der Waals surface area contributed by atoms with Crippen molar-refractivity contribution in [3.8, 4) is 5.69 Å². The van der Waals surface area contributed by atoms with Gasteiger partial charge in [0.05, 0.1) is 11.0 Å². The second-order valence-electron chi connectivity index (χ2n) is 2.93. The molecule has 1 aromatic carbocycles. The third-order valence-electron chi connectivity index (χ3n) is 1.98. The molecule has 0 spiro atoms. The lowest BCUT2D eigenvalue weighted by Crippen LogP contribution is -2.12. The van der Waals surface area contributed by atoms with Crippen LogP contribution in [0.4, 0.5) is 0 Å². The van der Waals surface area contributed by atoms with Crippen molar-refractivity contribution in [2.75, 3.05) is 5.33 Å². The number of para-hydroxylation sites is 1. The molecule has 7 heteroatoms. The van der Waals surface area contributed by atoms with Gasteiger partial charge in [-0.05, 0) is 22.6 Å². The molecule has 0 aliphatic heterocycles. The normalized spacial score (nSPS) is 11.7. The molecule has 6 nitrogen and oxygen atoms in total.